The zero-order valence-electron chi connectivity index (χ0n) is 58.7. The van der Waals surface area contributed by atoms with Crippen LogP contribution < -0.4 is 0 Å². The Balaban J connectivity index is 0.000000165. The molecule has 10 aromatic carbocycles. The summed E-state index contributed by atoms with van der Waals surface area (Å²) in [6.07, 6.45) is 4.41. The number of benzene rings is 10. The van der Waals surface area contributed by atoms with Gasteiger partial charge in [-0.15, -0.1) is 83.9 Å². The van der Waals surface area contributed by atoms with Crippen LogP contribution in [0.5, 0.6) is 0 Å². The first kappa shape index (κ1) is 66.6. The molecule has 12 heteroatoms. The van der Waals surface area contributed by atoms with Gasteiger partial charge in [0.05, 0.1) is 44.5 Å². The van der Waals surface area contributed by atoms with Crippen molar-refractivity contribution in [2.45, 2.75) is 98.3 Å². The molecule has 0 aliphatic carbocycles. The fraction of sp³-hybridized carbons (Fsp3) is 0.167. The molecule has 0 aliphatic rings. The van der Waals surface area contributed by atoms with Crippen molar-refractivity contribution >= 4 is 60.8 Å². The minimum atomic E-state index is -0.198. The summed E-state index contributed by atoms with van der Waals surface area (Å²) in [5, 5.41) is 2.15. The Morgan fingerprint density at radius 1 is 0.471 bits per heavy atom. The maximum absolute atomic E-state index is 6.55. The first-order valence-electron chi connectivity index (χ1n) is 34.7. The van der Waals surface area contributed by atoms with Crippen LogP contribution >= 0.6 is 0 Å². The van der Waals surface area contributed by atoms with E-state index in [1.807, 2.05) is 85.2 Å². The van der Waals surface area contributed by atoms with E-state index in [-0.39, 0.29) is 42.8 Å². The number of aromatic nitrogens is 10. The normalized spacial score (nSPS) is 12.0. The van der Waals surface area contributed by atoms with Crippen molar-refractivity contribution in [2.24, 2.45) is 0 Å². The minimum absolute atomic E-state index is 0. The Labute approximate surface area is 608 Å². The number of hydrogen-bond acceptors (Lipinski definition) is 8. The number of imidazole rings is 3. The Bertz CT molecular complexity index is 5890. The molecule has 0 atom stereocenters. The van der Waals surface area contributed by atoms with Gasteiger partial charge in [-0.25, -0.2) is 19.9 Å². The molecule has 0 N–H and O–H groups in total. The van der Waals surface area contributed by atoms with Gasteiger partial charge in [0.25, 0.3) is 0 Å². The summed E-state index contributed by atoms with van der Waals surface area (Å²) in [6, 6.07) is 92.4. The third kappa shape index (κ3) is 12.4. The predicted molar refractivity (Wildman–Crippen MR) is 411 cm³/mol. The van der Waals surface area contributed by atoms with E-state index in [1.54, 1.807) is 0 Å². The molecule has 17 rings (SSSR count). The van der Waals surface area contributed by atoms with Crippen LogP contribution in [0.15, 0.2) is 253 Å². The molecule has 0 bridgehead atoms. The molecule has 0 unspecified atom stereocenters. The Kier molecular flexibility index (Phi) is 17.6. The molecule has 102 heavy (non-hydrogen) atoms. The van der Waals surface area contributed by atoms with Gasteiger partial charge in [0, 0.05) is 45.5 Å². The summed E-state index contributed by atoms with van der Waals surface area (Å²) in [6.45, 7) is 22.0. The standard InChI is InChI=1S/C48H48N5O.C42H27N5.Ir/c1-28(2)36-26-32(30-22-24-31(25-23-30)43-50-45(47(5,6)7)52-46(51-43)48(8,9)10)27-37(29(3)4)41(36)53-39-20-13-12-19-38(39)49-44(53)35-18-15-17-34-33-16-11-14-21-40(33)54-42(34)35;1-3-12-30(13-4-1)40-33(16-11-25-44-40)26-29-22-23-37-39(27-29)47-41-35(31-14-9-15-32(28-31)36-20-7-8-24-43-36)19-10-21-38(41)46(42(47)45-37)34-17-5-2-6-18-34;/h11-17,19-29H,1-10H3;1-12,14,16-25,27-28H,26H2;/q-1;-2;+3. The van der Waals surface area contributed by atoms with Gasteiger partial charge in [0.15, 0.2) is 5.82 Å². The molecule has 0 fully saturated rings. The van der Waals surface area contributed by atoms with Crippen LogP contribution in [0.4, 0.5) is 0 Å². The van der Waals surface area contributed by atoms with Crippen molar-refractivity contribution in [3.8, 4) is 78.9 Å². The number of nitrogens with zero attached hydrogens (tertiary/aromatic N) is 10. The molecule has 0 radical (unpaired) electrons. The second-order valence-corrected chi connectivity index (χ2v) is 28.7. The summed E-state index contributed by atoms with van der Waals surface area (Å²) < 4.78 is 13.5. The number of hydrogen-bond donors (Lipinski definition) is 0. The number of fused-ring (bicyclic) bond motifs is 9. The van der Waals surface area contributed by atoms with Gasteiger partial charge in [-0.05, 0) is 136 Å². The Morgan fingerprint density at radius 2 is 1.15 bits per heavy atom. The summed E-state index contributed by atoms with van der Waals surface area (Å²) >= 11 is 0. The van der Waals surface area contributed by atoms with Crippen molar-refractivity contribution in [1.29, 1.82) is 0 Å². The van der Waals surface area contributed by atoms with Crippen LogP contribution in [0.1, 0.15) is 115 Å². The van der Waals surface area contributed by atoms with Crippen molar-refractivity contribution in [1.82, 2.24) is 48.4 Å². The minimum Gasteiger partial charge on any atom is -0.501 e. The van der Waals surface area contributed by atoms with Crippen molar-refractivity contribution in [2.75, 3.05) is 0 Å². The Hall–Kier alpha value is -11.3. The molecule has 0 aliphatic heterocycles. The molecule has 0 saturated carbocycles. The van der Waals surface area contributed by atoms with E-state index in [4.69, 9.17) is 34.3 Å². The van der Waals surface area contributed by atoms with E-state index in [0.717, 1.165) is 146 Å². The summed E-state index contributed by atoms with van der Waals surface area (Å²) in [5.74, 6) is 4.48. The van der Waals surface area contributed by atoms with Crippen molar-refractivity contribution in [3.63, 3.8) is 0 Å². The van der Waals surface area contributed by atoms with Crippen LogP contribution in [-0.2, 0) is 37.4 Å². The third-order valence-electron chi connectivity index (χ3n) is 18.9. The van der Waals surface area contributed by atoms with Crippen LogP contribution in [0.25, 0.3) is 140 Å². The zero-order chi connectivity index (χ0) is 69.3. The first-order valence-corrected chi connectivity index (χ1v) is 34.7. The summed E-state index contributed by atoms with van der Waals surface area (Å²) in [7, 11) is 0. The maximum Gasteiger partial charge on any atom is 3.00 e. The summed E-state index contributed by atoms with van der Waals surface area (Å²) in [4.78, 5) is 34.6. The molecular weight excluding hydrogens is 1430 g/mol. The number of furan rings is 1. The molecule has 500 valence electrons. The van der Waals surface area contributed by atoms with Crippen LogP contribution in [0.2, 0.25) is 0 Å². The van der Waals surface area contributed by atoms with Gasteiger partial charge in [-0.3, -0.25) is 14.0 Å². The molecule has 7 aromatic heterocycles. The van der Waals surface area contributed by atoms with Gasteiger partial charge in [-0.2, -0.15) is 0 Å². The van der Waals surface area contributed by atoms with Crippen molar-refractivity contribution in [3.05, 3.63) is 301 Å². The average Bonchev–Trinajstić information content (AvgIpc) is 1.56. The van der Waals surface area contributed by atoms with Crippen LogP contribution in [0.3, 0.4) is 0 Å². The van der Waals surface area contributed by atoms with E-state index in [1.165, 1.54) is 27.9 Å². The fourth-order valence-corrected chi connectivity index (χ4v) is 13.8. The topological polar surface area (TPSA) is 118 Å². The SMILES string of the molecule is CC(C)c1cc(-c2ccc(-c3nc(C(C)(C)C)nc(C(C)(C)C)n3)cc2)cc(C(C)C)c1-n1c(-c2[c-]ccc3c2oc2ccccc23)nc2ccccc21.[Ir+3].[c-]1ccc(-c2cccc3c2n2c4cc(Cc5cccnc5-c5[c-]cccc5)ccc4nc2n3-c2ccccc2)cc1-c1ccccn1. The smallest absolute Gasteiger partial charge is 0.501 e. The van der Waals surface area contributed by atoms with E-state index >= 15 is 0 Å². The maximum atomic E-state index is 6.55. The van der Waals surface area contributed by atoms with Crippen molar-refractivity contribution < 1.29 is 24.5 Å². The quantitative estimate of drug-likeness (QED) is 0.111. The van der Waals surface area contributed by atoms with Gasteiger partial charge in [-0.1, -0.05) is 201 Å². The van der Waals surface area contributed by atoms with E-state index in [2.05, 4.69) is 270 Å². The van der Waals surface area contributed by atoms with Crippen LogP contribution in [0, 0.1) is 18.2 Å². The third-order valence-corrected chi connectivity index (χ3v) is 18.9. The number of pyridine rings is 2. The second kappa shape index (κ2) is 27.0. The molecule has 0 spiro atoms. The molecule has 11 nitrogen and oxygen atoms in total. The number of para-hydroxylation sites is 5. The monoisotopic (exact) mass is 1500 g/mol. The number of rotatable bonds is 12. The molecule has 0 saturated heterocycles. The second-order valence-electron chi connectivity index (χ2n) is 28.7. The molecule has 7 heterocycles. The first-order chi connectivity index (χ1) is 49.0. The van der Waals surface area contributed by atoms with Gasteiger partial charge in [0.2, 0.25) is 5.78 Å². The molecule has 17 aromatic rings. The predicted octanol–water partition coefficient (Wildman–Crippen LogP) is 22.2. The molecular formula is C90H75IrN10O. The van der Waals surface area contributed by atoms with Crippen LogP contribution in [-0.4, -0.2) is 48.4 Å². The molecule has 0 amide bonds. The summed E-state index contributed by atoms with van der Waals surface area (Å²) in [5.41, 5.74) is 24.7. The zero-order valence-corrected chi connectivity index (χ0v) is 61.1. The van der Waals surface area contributed by atoms with Gasteiger partial charge >= 0.3 is 20.1 Å². The van der Waals surface area contributed by atoms with Gasteiger partial charge in [0.1, 0.15) is 17.2 Å². The van der Waals surface area contributed by atoms with E-state index < -0.39 is 0 Å². The van der Waals surface area contributed by atoms with Gasteiger partial charge < -0.3 is 19.0 Å². The average molecular weight is 1500 g/mol. The Morgan fingerprint density at radius 3 is 1.88 bits per heavy atom. The van der Waals surface area contributed by atoms with E-state index in [9.17, 15) is 0 Å². The fourth-order valence-electron chi connectivity index (χ4n) is 13.8. The largest absolute Gasteiger partial charge is 3.00 e. The van der Waals surface area contributed by atoms with E-state index in [0.29, 0.717) is 5.82 Å².